The van der Waals surface area contributed by atoms with Crippen molar-refractivity contribution in [3.63, 3.8) is 0 Å². The van der Waals surface area contributed by atoms with E-state index in [0.717, 1.165) is 25.6 Å². The van der Waals surface area contributed by atoms with Gasteiger partial charge in [0.1, 0.15) is 6.61 Å². The van der Waals surface area contributed by atoms with Crippen LogP contribution in [0.3, 0.4) is 0 Å². The van der Waals surface area contributed by atoms with Gasteiger partial charge in [0.25, 0.3) is 0 Å². The van der Waals surface area contributed by atoms with E-state index >= 15 is 0 Å². The maximum atomic E-state index is 12.1. The van der Waals surface area contributed by atoms with Gasteiger partial charge in [0, 0.05) is 10.2 Å². The summed E-state index contributed by atoms with van der Waals surface area (Å²) in [6.45, 7) is 4.41. The zero-order chi connectivity index (χ0) is 23.1. The van der Waals surface area contributed by atoms with Crippen molar-refractivity contribution < 1.29 is 14.3 Å². The molecule has 6 nitrogen and oxygen atoms in total. The zero-order valence-electron chi connectivity index (χ0n) is 17.9. The second-order valence-electron chi connectivity index (χ2n) is 7.10. The van der Waals surface area contributed by atoms with E-state index in [1.807, 2.05) is 50.2 Å². The molecule has 0 saturated heterocycles. The second-order valence-corrected chi connectivity index (χ2v) is 8.81. The molecule has 0 bridgehead atoms. The number of urea groups is 1. The molecular formula is C24H23Br2N3O3. The Labute approximate surface area is 204 Å². The third-order valence-corrected chi connectivity index (χ3v) is 5.99. The molecule has 3 rings (SSSR count). The van der Waals surface area contributed by atoms with Crippen LogP contribution in [-0.4, -0.2) is 19.4 Å². The lowest BCUT2D eigenvalue weighted by atomic mass is 10.1. The summed E-state index contributed by atoms with van der Waals surface area (Å²) in [5, 5.41) is 6.75. The predicted molar refractivity (Wildman–Crippen MR) is 135 cm³/mol. The molecule has 2 amide bonds. The molecule has 32 heavy (non-hydrogen) atoms. The van der Waals surface area contributed by atoms with Crippen LogP contribution in [0.2, 0.25) is 0 Å². The molecule has 0 aliphatic carbocycles. The van der Waals surface area contributed by atoms with Crippen molar-refractivity contribution in [1.29, 1.82) is 0 Å². The first-order valence-electron chi connectivity index (χ1n) is 9.78. The number of aryl methyl sites for hydroxylation is 2. The van der Waals surface area contributed by atoms with Crippen LogP contribution < -0.4 is 20.2 Å². The van der Waals surface area contributed by atoms with Crippen molar-refractivity contribution in [1.82, 2.24) is 5.43 Å². The van der Waals surface area contributed by atoms with Gasteiger partial charge < -0.3 is 14.8 Å². The number of carbonyl (C=O) groups is 1. The highest BCUT2D eigenvalue weighted by Crippen LogP contribution is 2.36. The van der Waals surface area contributed by atoms with Gasteiger partial charge in [-0.2, -0.15) is 5.10 Å². The van der Waals surface area contributed by atoms with Crippen LogP contribution in [0.4, 0.5) is 10.5 Å². The molecule has 0 aromatic heterocycles. The number of nitrogens with one attached hydrogen (secondary N) is 2. The molecule has 8 heteroatoms. The van der Waals surface area contributed by atoms with Crippen molar-refractivity contribution in [3.05, 3.63) is 85.8 Å². The second kappa shape index (κ2) is 11.2. The lowest BCUT2D eigenvalue weighted by Gasteiger charge is -2.14. The van der Waals surface area contributed by atoms with Crippen LogP contribution in [-0.2, 0) is 6.61 Å². The van der Waals surface area contributed by atoms with E-state index in [0.29, 0.717) is 23.8 Å². The minimum atomic E-state index is -0.438. The SMILES string of the molecule is COc1cc(/C=N/NC(=O)Nc2ccc(Br)c(C)c2)cc(Br)c1OCc1cccc(C)c1. The smallest absolute Gasteiger partial charge is 0.339 e. The van der Waals surface area contributed by atoms with Gasteiger partial charge in [0.05, 0.1) is 17.8 Å². The molecule has 0 radical (unpaired) electrons. The van der Waals surface area contributed by atoms with Crippen molar-refractivity contribution in [3.8, 4) is 11.5 Å². The first-order valence-corrected chi connectivity index (χ1v) is 11.4. The highest BCUT2D eigenvalue weighted by Gasteiger charge is 2.12. The van der Waals surface area contributed by atoms with Gasteiger partial charge in [-0.3, -0.25) is 0 Å². The fourth-order valence-electron chi connectivity index (χ4n) is 2.96. The molecule has 166 valence electrons. The number of ether oxygens (including phenoxy) is 2. The van der Waals surface area contributed by atoms with Crippen molar-refractivity contribution in [2.24, 2.45) is 5.10 Å². The van der Waals surface area contributed by atoms with Crippen LogP contribution in [0.25, 0.3) is 0 Å². The van der Waals surface area contributed by atoms with Gasteiger partial charge in [0.2, 0.25) is 0 Å². The van der Waals surface area contributed by atoms with E-state index in [2.05, 4.69) is 53.8 Å². The van der Waals surface area contributed by atoms with Gasteiger partial charge in [-0.25, -0.2) is 10.2 Å². The molecular weight excluding hydrogens is 538 g/mol. The Morgan fingerprint density at radius 3 is 2.59 bits per heavy atom. The van der Waals surface area contributed by atoms with Crippen LogP contribution >= 0.6 is 31.9 Å². The quantitative estimate of drug-likeness (QED) is 0.253. The van der Waals surface area contributed by atoms with Gasteiger partial charge in [-0.05, 0) is 76.8 Å². The van der Waals surface area contributed by atoms with Gasteiger partial charge in [-0.15, -0.1) is 0 Å². The number of nitrogens with zero attached hydrogens (tertiary/aromatic N) is 1. The van der Waals surface area contributed by atoms with E-state index < -0.39 is 6.03 Å². The molecule has 2 N–H and O–H groups in total. The highest BCUT2D eigenvalue weighted by atomic mass is 79.9. The van der Waals surface area contributed by atoms with Crippen molar-refractivity contribution >= 4 is 49.8 Å². The Morgan fingerprint density at radius 2 is 1.88 bits per heavy atom. The van der Waals surface area contributed by atoms with Gasteiger partial charge in [-0.1, -0.05) is 45.8 Å². The average Bonchev–Trinajstić information content (AvgIpc) is 2.75. The number of anilines is 1. The number of benzene rings is 3. The molecule has 0 atom stereocenters. The molecule has 3 aromatic rings. The zero-order valence-corrected chi connectivity index (χ0v) is 21.1. The van der Waals surface area contributed by atoms with Crippen LogP contribution in [0.15, 0.2) is 68.6 Å². The minimum absolute atomic E-state index is 0.418. The molecule has 0 unspecified atom stereocenters. The monoisotopic (exact) mass is 559 g/mol. The van der Waals surface area contributed by atoms with Crippen LogP contribution in [0.5, 0.6) is 11.5 Å². The number of carbonyl (C=O) groups excluding carboxylic acids is 1. The summed E-state index contributed by atoms with van der Waals surface area (Å²) < 4.78 is 13.2. The molecule has 0 fully saturated rings. The summed E-state index contributed by atoms with van der Waals surface area (Å²) in [4.78, 5) is 12.1. The number of hydrazone groups is 1. The Balaban J connectivity index is 1.63. The Kier molecular flexibility index (Phi) is 8.30. The summed E-state index contributed by atoms with van der Waals surface area (Å²) in [5.74, 6) is 1.16. The Morgan fingerprint density at radius 1 is 1.06 bits per heavy atom. The van der Waals surface area contributed by atoms with E-state index in [9.17, 15) is 4.79 Å². The summed E-state index contributed by atoms with van der Waals surface area (Å²) in [6.07, 6.45) is 1.53. The number of methoxy groups -OCH3 is 1. The van der Waals surface area contributed by atoms with Crippen molar-refractivity contribution in [2.45, 2.75) is 20.5 Å². The highest BCUT2D eigenvalue weighted by molar-refractivity contribution is 9.10. The van der Waals surface area contributed by atoms with Crippen molar-refractivity contribution in [2.75, 3.05) is 12.4 Å². The predicted octanol–water partition coefficient (Wildman–Crippen LogP) is 6.57. The third kappa shape index (κ3) is 6.58. The molecule has 0 aliphatic heterocycles. The molecule has 0 spiro atoms. The maximum absolute atomic E-state index is 12.1. The van der Waals surface area contributed by atoms with E-state index in [1.54, 1.807) is 19.2 Å². The molecule has 0 heterocycles. The summed E-state index contributed by atoms with van der Waals surface area (Å²) >= 11 is 6.97. The number of hydrogen-bond donors (Lipinski definition) is 2. The van der Waals surface area contributed by atoms with Crippen LogP contribution in [0, 0.1) is 13.8 Å². The van der Waals surface area contributed by atoms with E-state index in [-0.39, 0.29) is 0 Å². The summed E-state index contributed by atoms with van der Waals surface area (Å²) in [6, 6.07) is 16.9. The molecule has 3 aromatic carbocycles. The number of rotatable bonds is 7. The average molecular weight is 561 g/mol. The number of amides is 2. The van der Waals surface area contributed by atoms with Crippen LogP contribution in [0.1, 0.15) is 22.3 Å². The van der Waals surface area contributed by atoms with E-state index in [4.69, 9.17) is 9.47 Å². The van der Waals surface area contributed by atoms with Gasteiger partial charge >= 0.3 is 6.03 Å². The number of hydrogen-bond acceptors (Lipinski definition) is 4. The maximum Gasteiger partial charge on any atom is 0.339 e. The normalized spacial score (nSPS) is 10.8. The largest absolute Gasteiger partial charge is 0.493 e. The fourth-order valence-corrected chi connectivity index (χ4v) is 3.78. The summed E-state index contributed by atoms with van der Waals surface area (Å²) in [5.41, 5.74) is 7.14. The Bertz CT molecular complexity index is 1150. The Hall–Kier alpha value is -2.84. The lowest BCUT2D eigenvalue weighted by molar-refractivity contribution is 0.252. The first kappa shape index (κ1) is 23.8. The minimum Gasteiger partial charge on any atom is -0.493 e. The lowest BCUT2D eigenvalue weighted by Crippen LogP contribution is -2.24. The van der Waals surface area contributed by atoms with E-state index in [1.165, 1.54) is 11.8 Å². The summed E-state index contributed by atoms with van der Waals surface area (Å²) in [7, 11) is 1.58. The molecule has 0 saturated carbocycles. The van der Waals surface area contributed by atoms with Gasteiger partial charge in [0.15, 0.2) is 11.5 Å². The fraction of sp³-hybridized carbons (Fsp3) is 0.167. The topological polar surface area (TPSA) is 72.0 Å². The third-order valence-electron chi connectivity index (χ3n) is 4.51. The first-order chi connectivity index (χ1) is 15.4. The molecule has 0 aliphatic rings. The standard InChI is InChI=1S/C24H23Br2N3O3/c1-15-5-4-6-17(9-15)14-32-23-21(26)11-18(12-22(23)31-3)13-27-29-24(30)28-19-7-8-20(25)16(2)10-19/h4-13H,14H2,1-3H3,(H2,28,29,30)/b27-13+. The number of halogens is 2.